The van der Waals surface area contributed by atoms with E-state index < -0.39 is 10.0 Å². The Morgan fingerprint density at radius 1 is 1.28 bits per heavy atom. The van der Waals surface area contributed by atoms with Crippen molar-refractivity contribution in [1.82, 2.24) is 4.90 Å². The van der Waals surface area contributed by atoms with Crippen LogP contribution >= 0.6 is 0 Å². The highest BCUT2D eigenvalue weighted by atomic mass is 32.2. The molecule has 8 heteroatoms. The Morgan fingerprint density at radius 2 is 1.92 bits per heavy atom. The molecule has 1 aromatic carbocycles. The van der Waals surface area contributed by atoms with Crippen molar-refractivity contribution in [2.75, 3.05) is 37.3 Å². The summed E-state index contributed by atoms with van der Waals surface area (Å²) in [5.41, 5.74) is 0.873. The van der Waals surface area contributed by atoms with Crippen LogP contribution in [0, 0.1) is 5.92 Å². The average Bonchev–Trinajstić information content (AvgIpc) is 2.60. The zero-order valence-corrected chi connectivity index (χ0v) is 15.6. The van der Waals surface area contributed by atoms with Gasteiger partial charge in [-0.15, -0.1) is 0 Å². The third kappa shape index (κ3) is 4.72. The number of esters is 1. The number of benzene rings is 1. The van der Waals surface area contributed by atoms with Gasteiger partial charge in [0, 0.05) is 25.7 Å². The number of likely N-dealkylation sites (tertiary alicyclic amines) is 1. The number of carbonyl (C=O) groups is 2. The summed E-state index contributed by atoms with van der Waals surface area (Å²) in [6, 6.07) is 6.54. The lowest BCUT2D eigenvalue weighted by Gasteiger charge is -2.31. The van der Waals surface area contributed by atoms with Crippen molar-refractivity contribution in [2.24, 2.45) is 5.92 Å². The highest BCUT2D eigenvalue weighted by Crippen LogP contribution is 2.22. The van der Waals surface area contributed by atoms with Gasteiger partial charge in [0.1, 0.15) is 0 Å². The van der Waals surface area contributed by atoms with E-state index in [0.717, 1.165) is 10.6 Å². The lowest BCUT2D eigenvalue weighted by molar-refractivity contribution is -0.149. The summed E-state index contributed by atoms with van der Waals surface area (Å²) in [6.07, 6.45) is 2.27. The predicted octanol–water partition coefficient (Wildman–Crippen LogP) is 1.50. The number of ether oxygens (including phenoxy) is 1. The Balaban J connectivity index is 2.06. The van der Waals surface area contributed by atoms with Crippen LogP contribution in [0.15, 0.2) is 24.3 Å². The van der Waals surface area contributed by atoms with Crippen LogP contribution in [0.2, 0.25) is 0 Å². The maximum atomic E-state index is 12.7. The predicted molar refractivity (Wildman–Crippen MR) is 94.9 cm³/mol. The van der Waals surface area contributed by atoms with Crippen LogP contribution in [0.1, 0.15) is 30.1 Å². The molecule has 0 N–H and O–H groups in total. The first-order valence-electron chi connectivity index (χ1n) is 8.24. The zero-order valence-electron chi connectivity index (χ0n) is 14.8. The fourth-order valence-corrected chi connectivity index (χ4v) is 3.28. The maximum absolute atomic E-state index is 12.7. The van der Waals surface area contributed by atoms with Gasteiger partial charge in [0.25, 0.3) is 5.91 Å². The molecule has 2 rings (SSSR count). The molecule has 0 unspecified atom stereocenters. The lowest BCUT2D eigenvalue weighted by atomic mass is 9.96. The zero-order chi connectivity index (χ0) is 18.6. The fraction of sp³-hybridized carbons (Fsp3) is 0.529. The number of sulfonamides is 1. The second-order valence-electron chi connectivity index (χ2n) is 6.10. The smallest absolute Gasteiger partial charge is 0.309 e. The van der Waals surface area contributed by atoms with Crippen molar-refractivity contribution in [3.63, 3.8) is 0 Å². The van der Waals surface area contributed by atoms with Crippen LogP contribution in [0.25, 0.3) is 0 Å². The van der Waals surface area contributed by atoms with Gasteiger partial charge in [-0.3, -0.25) is 13.9 Å². The van der Waals surface area contributed by atoms with Crippen molar-refractivity contribution in [3.8, 4) is 0 Å². The van der Waals surface area contributed by atoms with E-state index in [1.165, 1.54) is 7.05 Å². The van der Waals surface area contributed by atoms with Gasteiger partial charge in [0.15, 0.2) is 0 Å². The van der Waals surface area contributed by atoms with E-state index in [1.54, 1.807) is 36.1 Å². The lowest BCUT2D eigenvalue weighted by Crippen LogP contribution is -2.40. The van der Waals surface area contributed by atoms with Crippen molar-refractivity contribution in [3.05, 3.63) is 29.8 Å². The number of piperidine rings is 1. The van der Waals surface area contributed by atoms with Crippen molar-refractivity contribution in [2.45, 2.75) is 19.8 Å². The quantitative estimate of drug-likeness (QED) is 0.736. The van der Waals surface area contributed by atoms with Gasteiger partial charge in [-0.2, -0.15) is 0 Å². The van der Waals surface area contributed by atoms with Crippen LogP contribution in [0.5, 0.6) is 0 Å². The molecule has 25 heavy (non-hydrogen) atoms. The molecule has 1 aliphatic heterocycles. The molecule has 0 saturated carbocycles. The van der Waals surface area contributed by atoms with Gasteiger partial charge < -0.3 is 9.64 Å². The minimum absolute atomic E-state index is 0.160. The maximum Gasteiger partial charge on any atom is 0.309 e. The molecule has 1 aliphatic rings. The summed E-state index contributed by atoms with van der Waals surface area (Å²) in [6.45, 7) is 3.10. The molecule has 138 valence electrons. The van der Waals surface area contributed by atoms with Crippen molar-refractivity contribution in [1.29, 1.82) is 0 Å². The Labute approximate surface area is 148 Å². The molecule has 7 nitrogen and oxygen atoms in total. The van der Waals surface area contributed by atoms with Crippen LogP contribution in [-0.2, 0) is 19.6 Å². The molecular weight excluding hydrogens is 344 g/mol. The van der Waals surface area contributed by atoms with E-state index in [9.17, 15) is 18.0 Å². The monoisotopic (exact) mass is 368 g/mol. The molecule has 1 aromatic rings. The standard InChI is InChI=1S/C17H24N2O5S/c1-4-24-17(21)13-8-10-19(11-9-13)16(20)14-6-5-7-15(12-14)18(2)25(3,22)23/h5-7,12-13H,4,8-11H2,1-3H3. The van der Waals surface area contributed by atoms with Gasteiger partial charge in [-0.1, -0.05) is 6.07 Å². The number of anilines is 1. The highest BCUT2D eigenvalue weighted by Gasteiger charge is 2.28. The van der Waals surface area contributed by atoms with Gasteiger partial charge >= 0.3 is 5.97 Å². The molecule has 1 amide bonds. The van der Waals surface area contributed by atoms with Gasteiger partial charge in [-0.25, -0.2) is 8.42 Å². The number of hydrogen-bond acceptors (Lipinski definition) is 5. The summed E-state index contributed by atoms with van der Waals surface area (Å²) in [7, 11) is -1.94. The summed E-state index contributed by atoms with van der Waals surface area (Å²) >= 11 is 0. The summed E-state index contributed by atoms with van der Waals surface area (Å²) in [4.78, 5) is 26.1. The summed E-state index contributed by atoms with van der Waals surface area (Å²) in [5, 5.41) is 0. The number of carbonyl (C=O) groups excluding carboxylic acids is 2. The first-order chi connectivity index (χ1) is 11.7. The number of amides is 1. The minimum atomic E-state index is -3.39. The second kappa shape index (κ2) is 7.86. The van der Waals surface area contributed by atoms with E-state index in [1.807, 2.05) is 0 Å². The molecule has 1 saturated heterocycles. The largest absolute Gasteiger partial charge is 0.466 e. The number of nitrogens with zero attached hydrogens (tertiary/aromatic N) is 2. The average molecular weight is 368 g/mol. The fourth-order valence-electron chi connectivity index (χ4n) is 2.79. The van der Waals surface area contributed by atoms with Crippen LogP contribution < -0.4 is 4.31 Å². The normalized spacial score (nSPS) is 15.7. The van der Waals surface area contributed by atoms with E-state index >= 15 is 0 Å². The first-order valence-corrected chi connectivity index (χ1v) is 10.1. The minimum Gasteiger partial charge on any atom is -0.466 e. The van der Waals surface area contributed by atoms with E-state index in [4.69, 9.17) is 4.74 Å². The van der Waals surface area contributed by atoms with E-state index in [-0.39, 0.29) is 17.8 Å². The molecule has 0 radical (unpaired) electrons. The summed E-state index contributed by atoms with van der Waals surface area (Å²) in [5.74, 6) is -0.524. The molecule has 0 atom stereocenters. The topological polar surface area (TPSA) is 84.0 Å². The number of hydrogen-bond donors (Lipinski definition) is 0. The molecular formula is C17H24N2O5S. The van der Waals surface area contributed by atoms with Gasteiger partial charge in [0.05, 0.1) is 24.5 Å². The van der Waals surface area contributed by atoms with Crippen molar-refractivity contribution < 1.29 is 22.7 Å². The molecule has 0 spiro atoms. The number of rotatable bonds is 5. The van der Waals surface area contributed by atoms with Crippen LogP contribution in [-0.4, -0.2) is 58.2 Å². The van der Waals surface area contributed by atoms with E-state index in [0.29, 0.717) is 43.8 Å². The SMILES string of the molecule is CCOC(=O)C1CCN(C(=O)c2cccc(N(C)S(C)(=O)=O)c2)CC1. The Morgan fingerprint density at radius 3 is 2.48 bits per heavy atom. The molecule has 0 bridgehead atoms. The first kappa shape index (κ1) is 19.2. The van der Waals surface area contributed by atoms with Gasteiger partial charge in [0.2, 0.25) is 10.0 Å². The molecule has 0 aromatic heterocycles. The van der Waals surface area contributed by atoms with Crippen LogP contribution in [0.4, 0.5) is 5.69 Å². The third-order valence-corrected chi connectivity index (χ3v) is 5.56. The van der Waals surface area contributed by atoms with Gasteiger partial charge in [-0.05, 0) is 38.0 Å². The Hall–Kier alpha value is -2.09. The summed E-state index contributed by atoms with van der Waals surface area (Å²) < 4.78 is 29.5. The molecule has 0 aliphatic carbocycles. The molecule has 1 heterocycles. The van der Waals surface area contributed by atoms with Crippen LogP contribution in [0.3, 0.4) is 0 Å². The molecule has 1 fully saturated rings. The third-order valence-electron chi connectivity index (χ3n) is 4.36. The highest BCUT2D eigenvalue weighted by molar-refractivity contribution is 7.92. The second-order valence-corrected chi connectivity index (χ2v) is 8.11. The van der Waals surface area contributed by atoms with E-state index in [2.05, 4.69) is 0 Å². The Bertz CT molecular complexity index is 739. The van der Waals surface area contributed by atoms with Crippen molar-refractivity contribution >= 4 is 27.6 Å². The Kier molecular flexibility index (Phi) is 6.05.